The van der Waals surface area contributed by atoms with E-state index < -0.39 is 0 Å². The van der Waals surface area contributed by atoms with Crippen LogP contribution in [0, 0.1) is 0 Å². The van der Waals surface area contributed by atoms with Crippen LogP contribution in [-0.2, 0) is 12.8 Å². The van der Waals surface area contributed by atoms with Crippen molar-refractivity contribution in [3.05, 3.63) is 45.6 Å². The van der Waals surface area contributed by atoms with E-state index in [0.29, 0.717) is 10.2 Å². The van der Waals surface area contributed by atoms with E-state index in [1.54, 1.807) is 0 Å². The highest BCUT2D eigenvalue weighted by molar-refractivity contribution is 6.41. The van der Waals surface area contributed by atoms with Gasteiger partial charge in [-0.2, -0.15) is 0 Å². The molecule has 1 aromatic heterocycles. The van der Waals surface area contributed by atoms with Gasteiger partial charge in [0.25, 0.3) is 0 Å². The van der Waals surface area contributed by atoms with E-state index in [0.717, 1.165) is 29.7 Å². The Labute approximate surface area is 103 Å². The van der Waals surface area contributed by atoms with E-state index in [4.69, 9.17) is 23.2 Å². The van der Waals surface area contributed by atoms with Crippen molar-refractivity contribution in [1.29, 1.82) is 0 Å². The average Bonchev–Trinajstić information content (AvgIpc) is 2.33. The van der Waals surface area contributed by atoms with Crippen LogP contribution in [0.3, 0.4) is 0 Å². The first-order chi connectivity index (χ1) is 7.77. The van der Waals surface area contributed by atoms with Crippen LogP contribution in [0.25, 0.3) is 11.3 Å². The third kappa shape index (κ3) is 1.41. The first-order valence-corrected chi connectivity index (χ1v) is 5.82. The third-order valence-electron chi connectivity index (χ3n) is 2.89. The molecule has 0 saturated carbocycles. The van der Waals surface area contributed by atoms with E-state index in [2.05, 4.69) is 16.3 Å². The van der Waals surface area contributed by atoms with Gasteiger partial charge in [-0.25, -0.2) is 0 Å². The summed E-state index contributed by atoms with van der Waals surface area (Å²) in [5, 5.41) is 8.86. The van der Waals surface area contributed by atoms with Crippen LogP contribution in [0.1, 0.15) is 11.1 Å². The molecule has 0 aliphatic heterocycles. The topological polar surface area (TPSA) is 25.8 Å². The molecule has 3 rings (SSSR count). The highest BCUT2D eigenvalue weighted by Crippen LogP contribution is 2.36. The Morgan fingerprint density at radius 2 is 1.81 bits per heavy atom. The predicted octanol–water partition coefficient (Wildman–Crippen LogP) is 3.55. The summed E-state index contributed by atoms with van der Waals surface area (Å²) in [5.74, 6) is 0. The molecule has 0 bridgehead atoms. The molecule has 2 aromatic rings. The second kappa shape index (κ2) is 3.72. The molecule has 2 nitrogen and oxygen atoms in total. The molecule has 16 heavy (non-hydrogen) atoms. The number of nitrogens with zero attached hydrogens (tertiary/aromatic N) is 2. The van der Waals surface area contributed by atoms with Gasteiger partial charge in [-0.3, -0.25) is 0 Å². The molecule has 0 amide bonds. The maximum absolute atomic E-state index is 6.14. The number of hydrogen-bond donors (Lipinski definition) is 0. The Balaban J connectivity index is 2.30. The van der Waals surface area contributed by atoms with Gasteiger partial charge in [-0.05, 0) is 18.4 Å². The monoisotopic (exact) mass is 250 g/mol. The smallest absolute Gasteiger partial charge is 0.149 e. The van der Waals surface area contributed by atoms with E-state index >= 15 is 0 Å². The van der Waals surface area contributed by atoms with Crippen LogP contribution in [-0.4, -0.2) is 10.2 Å². The zero-order valence-corrected chi connectivity index (χ0v) is 9.89. The molecule has 1 aliphatic carbocycles. The minimum Gasteiger partial charge on any atom is -0.149 e. The minimum atomic E-state index is 0.291. The van der Waals surface area contributed by atoms with Crippen LogP contribution < -0.4 is 0 Å². The lowest BCUT2D eigenvalue weighted by molar-refractivity contribution is 0.897. The van der Waals surface area contributed by atoms with E-state index in [-0.39, 0.29) is 0 Å². The third-order valence-corrected chi connectivity index (χ3v) is 3.65. The number of rotatable bonds is 0. The Kier molecular flexibility index (Phi) is 2.34. The zero-order valence-electron chi connectivity index (χ0n) is 8.37. The highest BCUT2D eigenvalue weighted by atomic mass is 35.5. The van der Waals surface area contributed by atoms with Gasteiger partial charge in [0.15, 0.2) is 5.15 Å². The van der Waals surface area contributed by atoms with Gasteiger partial charge < -0.3 is 0 Å². The van der Waals surface area contributed by atoms with Gasteiger partial charge in [0.05, 0.1) is 10.7 Å². The summed E-state index contributed by atoms with van der Waals surface area (Å²) in [4.78, 5) is 0. The Morgan fingerprint density at radius 3 is 2.69 bits per heavy atom. The van der Waals surface area contributed by atoms with Gasteiger partial charge in [0, 0.05) is 11.1 Å². The molecule has 1 heterocycles. The zero-order chi connectivity index (χ0) is 11.1. The fourth-order valence-electron chi connectivity index (χ4n) is 2.10. The molecule has 0 saturated heterocycles. The molecule has 0 atom stereocenters. The summed E-state index contributed by atoms with van der Waals surface area (Å²) < 4.78 is 0. The Hall–Kier alpha value is -1.12. The van der Waals surface area contributed by atoms with Crippen LogP contribution in [0.2, 0.25) is 10.2 Å². The highest BCUT2D eigenvalue weighted by Gasteiger charge is 2.21. The second-order valence-electron chi connectivity index (χ2n) is 3.79. The van der Waals surface area contributed by atoms with Gasteiger partial charge in [-0.1, -0.05) is 47.5 Å². The second-order valence-corrected chi connectivity index (χ2v) is 4.53. The largest absolute Gasteiger partial charge is 0.170 e. The number of hydrogen-bond acceptors (Lipinski definition) is 2. The molecule has 0 N–H and O–H groups in total. The summed E-state index contributed by atoms with van der Waals surface area (Å²) in [6, 6.07) is 8.20. The van der Waals surface area contributed by atoms with Crippen molar-refractivity contribution in [3.8, 4) is 11.3 Å². The maximum Gasteiger partial charge on any atom is 0.170 e. The van der Waals surface area contributed by atoms with Gasteiger partial charge >= 0.3 is 0 Å². The SMILES string of the molecule is Clc1nnc2c(c1Cl)CCc1ccccc1-2. The van der Waals surface area contributed by atoms with Gasteiger partial charge in [0.2, 0.25) is 0 Å². The van der Waals surface area contributed by atoms with Crippen LogP contribution in [0.15, 0.2) is 24.3 Å². The molecule has 80 valence electrons. The normalized spacial score (nSPS) is 13.1. The Bertz CT molecular complexity index is 567. The number of aryl methyl sites for hydroxylation is 1. The molecule has 1 aliphatic rings. The fraction of sp³-hybridized carbons (Fsp3) is 0.167. The number of aromatic nitrogens is 2. The van der Waals surface area contributed by atoms with E-state index in [9.17, 15) is 0 Å². The van der Waals surface area contributed by atoms with Crippen molar-refractivity contribution in [2.45, 2.75) is 12.8 Å². The lowest BCUT2D eigenvalue weighted by Gasteiger charge is -2.19. The summed E-state index contributed by atoms with van der Waals surface area (Å²) in [6.45, 7) is 0. The van der Waals surface area contributed by atoms with Crippen molar-refractivity contribution in [2.24, 2.45) is 0 Å². The molecular formula is C12H8Cl2N2. The van der Waals surface area contributed by atoms with Crippen molar-refractivity contribution >= 4 is 23.2 Å². The molecule has 4 heteroatoms. The van der Waals surface area contributed by atoms with Crippen LogP contribution in [0.4, 0.5) is 0 Å². The first-order valence-electron chi connectivity index (χ1n) is 5.06. The summed E-state index contributed by atoms with van der Waals surface area (Å²) in [6.07, 6.45) is 1.85. The molecule has 0 unspecified atom stereocenters. The number of halogens is 2. The Morgan fingerprint density at radius 1 is 1.00 bits per heavy atom. The van der Waals surface area contributed by atoms with Gasteiger partial charge in [0.1, 0.15) is 0 Å². The van der Waals surface area contributed by atoms with Crippen molar-refractivity contribution in [1.82, 2.24) is 10.2 Å². The number of benzene rings is 1. The quantitative estimate of drug-likeness (QED) is 0.715. The predicted molar refractivity (Wildman–Crippen MR) is 64.9 cm³/mol. The van der Waals surface area contributed by atoms with E-state index in [1.165, 1.54) is 5.56 Å². The lowest BCUT2D eigenvalue weighted by atomic mass is 9.90. The maximum atomic E-state index is 6.14. The van der Waals surface area contributed by atoms with Gasteiger partial charge in [-0.15, -0.1) is 10.2 Å². The lowest BCUT2D eigenvalue weighted by Crippen LogP contribution is -2.07. The standard InChI is InChI=1S/C12H8Cl2N2/c13-10-9-6-5-7-3-1-2-4-8(7)11(9)15-16-12(10)14/h1-4H,5-6H2. The average molecular weight is 251 g/mol. The van der Waals surface area contributed by atoms with Crippen molar-refractivity contribution in [2.75, 3.05) is 0 Å². The number of fused-ring (bicyclic) bond motifs is 3. The molecule has 0 fully saturated rings. The molecular weight excluding hydrogens is 243 g/mol. The first kappa shape index (κ1) is 10.1. The van der Waals surface area contributed by atoms with Crippen LogP contribution in [0.5, 0.6) is 0 Å². The summed E-state index contributed by atoms with van der Waals surface area (Å²) in [5.41, 5.74) is 4.30. The summed E-state index contributed by atoms with van der Waals surface area (Å²) in [7, 11) is 0. The van der Waals surface area contributed by atoms with Crippen LogP contribution >= 0.6 is 23.2 Å². The van der Waals surface area contributed by atoms with Crippen molar-refractivity contribution in [3.63, 3.8) is 0 Å². The molecule has 1 aromatic carbocycles. The molecule has 0 spiro atoms. The molecule has 0 radical (unpaired) electrons. The minimum absolute atomic E-state index is 0.291. The van der Waals surface area contributed by atoms with E-state index in [1.807, 2.05) is 18.2 Å². The van der Waals surface area contributed by atoms with Crippen molar-refractivity contribution < 1.29 is 0 Å². The summed E-state index contributed by atoms with van der Waals surface area (Å²) >= 11 is 12.0. The fourth-order valence-corrected chi connectivity index (χ4v) is 2.47.